The fourth-order valence-electron chi connectivity index (χ4n) is 2.47. The zero-order chi connectivity index (χ0) is 19.2. The normalized spacial score (nSPS) is 10.3. The Bertz CT molecular complexity index is 928. The van der Waals surface area contributed by atoms with Crippen LogP contribution in [-0.4, -0.2) is 30.2 Å². The van der Waals surface area contributed by atoms with Crippen LogP contribution >= 0.6 is 0 Å². The second-order valence-corrected chi connectivity index (χ2v) is 6.21. The Morgan fingerprint density at radius 3 is 2.48 bits per heavy atom. The van der Waals surface area contributed by atoms with Crippen molar-refractivity contribution in [3.63, 3.8) is 0 Å². The van der Waals surface area contributed by atoms with Crippen molar-refractivity contribution in [2.24, 2.45) is 0 Å². The van der Waals surface area contributed by atoms with Crippen LogP contribution in [0.2, 0.25) is 0 Å². The Hall–Kier alpha value is -3.48. The Balaban J connectivity index is 1.61. The minimum atomic E-state index is -0.381. The number of rotatable bonds is 6. The van der Waals surface area contributed by atoms with Gasteiger partial charge >= 0.3 is 0 Å². The molecule has 0 fully saturated rings. The first-order valence-corrected chi connectivity index (χ1v) is 8.41. The summed E-state index contributed by atoms with van der Waals surface area (Å²) in [6.07, 6.45) is 1.67. The lowest BCUT2D eigenvalue weighted by molar-refractivity contribution is -0.115. The quantitative estimate of drug-likeness (QED) is 0.698. The molecule has 0 spiro atoms. The number of nitrogens with one attached hydrogen (secondary N) is 2. The molecule has 0 saturated carbocycles. The molecule has 0 aliphatic carbocycles. The first-order chi connectivity index (χ1) is 13.0. The third-order valence-corrected chi connectivity index (χ3v) is 3.91. The van der Waals surface area contributed by atoms with Crippen molar-refractivity contribution in [1.29, 1.82) is 0 Å². The van der Waals surface area contributed by atoms with E-state index in [0.29, 0.717) is 17.1 Å². The molecular weight excluding hydrogens is 345 g/mol. The number of nitrogens with zero attached hydrogens (tertiary/aromatic N) is 3. The molecule has 0 bridgehead atoms. The second-order valence-electron chi connectivity index (χ2n) is 6.21. The summed E-state index contributed by atoms with van der Waals surface area (Å²) in [6, 6.07) is 15.3. The Morgan fingerprint density at radius 1 is 1.07 bits per heavy atom. The van der Waals surface area contributed by atoms with Gasteiger partial charge in [0.25, 0.3) is 0 Å². The summed E-state index contributed by atoms with van der Waals surface area (Å²) in [5.74, 6) is -0.0313. The fourth-order valence-corrected chi connectivity index (χ4v) is 2.47. The smallest absolute Gasteiger partial charge is 0.228 e. The van der Waals surface area contributed by atoms with E-state index in [0.717, 1.165) is 11.4 Å². The van der Waals surface area contributed by atoms with Crippen molar-refractivity contribution >= 4 is 28.8 Å². The van der Waals surface area contributed by atoms with Gasteiger partial charge in [0.2, 0.25) is 5.91 Å². The topological polar surface area (TPSA) is 70.2 Å². The van der Waals surface area contributed by atoms with Gasteiger partial charge in [0.05, 0.1) is 18.3 Å². The molecule has 1 aromatic heterocycles. The lowest BCUT2D eigenvalue weighted by Crippen LogP contribution is -2.15. The number of aromatic nitrogens is 2. The zero-order valence-electron chi connectivity index (χ0n) is 15.1. The number of benzene rings is 2. The molecule has 3 rings (SSSR count). The molecule has 3 aromatic rings. The van der Waals surface area contributed by atoms with Crippen LogP contribution in [0.1, 0.15) is 5.56 Å². The van der Waals surface area contributed by atoms with E-state index in [1.807, 2.05) is 37.2 Å². The largest absolute Gasteiger partial charge is 0.376 e. The zero-order valence-corrected chi connectivity index (χ0v) is 15.1. The molecule has 1 heterocycles. The van der Waals surface area contributed by atoms with Crippen molar-refractivity contribution in [1.82, 2.24) is 10.2 Å². The molecule has 138 valence electrons. The predicted octanol–water partition coefficient (Wildman–Crippen LogP) is 3.61. The van der Waals surface area contributed by atoms with Crippen LogP contribution in [0.3, 0.4) is 0 Å². The van der Waals surface area contributed by atoms with E-state index in [1.54, 1.807) is 36.5 Å². The van der Waals surface area contributed by atoms with Crippen LogP contribution in [0.15, 0.2) is 60.8 Å². The third-order valence-electron chi connectivity index (χ3n) is 3.91. The minimum Gasteiger partial charge on any atom is -0.376 e. The Kier molecular flexibility index (Phi) is 5.61. The van der Waals surface area contributed by atoms with E-state index in [4.69, 9.17) is 0 Å². The number of amides is 1. The first-order valence-electron chi connectivity index (χ1n) is 8.41. The van der Waals surface area contributed by atoms with Gasteiger partial charge in [-0.05, 0) is 35.9 Å². The lowest BCUT2D eigenvalue weighted by Gasteiger charge is -2.13. The molecule has 0 saturated heterocycles. The molecule has 2 aromatic carbocycles. The molecule has 6 nitrogen and oxygen atoms in total. The summed E-state index contributed by atoms with van der Waals surface area (Å²) >= 11 is 0. The maximum atomic E-state index is 13.6. The maximum Gasteiger partial charge on any atom is 0.228 e. The van der Waals surface area contributed by atoms with E-state index in [2.05, 4.69) is 20.8 Å². The highest BCUT2D eigenvalue weighted by atomic mass is 19.1. The Morgan fingerprint density at radius 2 is 1.78 bits per heavy atom. The van der Waals surface area contributed by atoms with Gasteiger partial charge in [-0.1, -0.05) is 18.2 Å². The van der Waals surface area contributed by atoms with Crippen LogP contribution in [0.5, 0.6) is 0 Å². The van der Waals surface area contributed by atoms with E-state index in [9.17, 15) is 9.18 Å². The van der Waals surface area contributed by atoms with Gasteiger partial charge in [0.1, 0.15) is 5.82 Å². The number of carbonyl (C=O) groups is 1. The Labute approximate surface area is 157 Å². The number of anilines is 4. The van der Waals surface area contributed by atoms with Crippen molar-refractivity contribution in [2.45, 2.75) is 6.42 Å². The van der Waals surface area contributed by atoms with Gasteiger partial charge in [-0.15, -0.1) is 5.10 Å². The van der Waals surface area contributed by atoms with Gasteiger partial charge in [-0.2, -0.15) is 5.10 Å². The SMILES string of the molecule is CN(C)c1cnnc(Nc2ccc(NC(=O)Cc3ccccc3F)cc2)c1. The first kappa shape index (κ1) is 18.3. The molecule has 0 atom stereocenters. The summed E-state index contributed by atoms with van der Waals surface area (Å²) < 4.78 is 13.6. The summed E-state index contributed by atoms with van der Waals surface area (Å²) in [7, 11) is 3.86. The van der Waals surface area contributed by atoms with Crippen molar-refractivity contribution in [3.05, 3.63) is 72.2 Å². The number of halogens is 1. The number of hydrogen-bond donors (Lipinski definition) is 2. The second kappa shape index (κ2) is 8.27. The maximum absolute atomic E-state index is 13.6. The molecule has 27 heavy (non-hydrogen) atoms. The van der Waals surface area contributed by atoms with Crippen LogP contribution in [-0.2, 0) is 11.2 Å². The highest BCUT2D eigenvalue weighted by Gasteiger charge is 2.08. The highest BCUT2D eigenvalue weighted by Crippen LogP contribution is 2.20. The van der Waals surface area contributed by atoms with Crippen LogP contribution in [0, 0.1) is 5.82 Å². The van der Waals surface area contributed by atoms with Crippen molar-refractivity contribution in [2.75, 3.05) is 29.6 Å². The number of carbonyl (C=O) groups excluding carboxylic acids is 1. The van der Waals surface area contributed by atoms with E-state index >= 15 is 0 Å². The van der Waals surface area contributed by atoms with Gasteiger partial charge < -0.3 is 15.5 Å². The standard InChI is InChI=1S/C20H20FN5O/c1-26(2)17-12-19(25-22-13-17)23-15-7-9-16(10-8-15)24-20(27)11-14-5-3-4-6-18(14)21/h3-10,12-13H,11H2,1-2H3,(H,23,25)(H,24,27). The van der Waals surface area contributed by atoms with E-state index in [1.165, 1.54) is 6.07 Å². The predicted molar refractivity (Wildman–Crippen MR) is 105 cm³/mol. The molecule has 0 unspecified atom stereocenters. The lowest BCUT2D eigenvalue weighted by atomic mass is 10.1. The average molecular weight is 365 g/mol. The van der Waals surface area contributed by atoms with E-state index < -0.39 is 0 Å². The summed E-state index contributed by atoms with van der Waals surface area (Å²) in [4.78, 5) is 14.0. The molecule has 1 amide bonds. The van der Waals surface area contributed by atoms with Crippen molar-refractivity contribution < 1.29 is 9.18 Å². The van der Waals surface area contributed by atoms with Gasteiger partial charge in [-0.25, -0.2) is 4.39 Å². The molecule has 7 heteroatoms. The molecule has 0 aliphatic heterocycles. The highest BCUT2D eigenvalue weighted by molar-refractivity contribution is 5.92. The van der Waals surface area contributed by atoms with Gasteiger partial charge in [0, 0.05) is 31.5 Å². The van der Waals surface area contributed by atoms with Crippen LogP contribution < -0.4 is 15.5 Å². The fraction of sp³-hybridized carbons (Fsp3) is 0.150. The van der Waals surface area contributed by atoms with E-state index in [-0.39, 0.29) is 18.1 Å². The van der Waals surface area contributed by atoms with Crippen LogP contribution in [0.25, 0.3) is 0 Å². The molecule has 0 radical (unpaired) electrons. The monoisotopic (exact) mass is 365 g/mol. The van der Waals surface area contributed by atoms with Crippen LogP contribution in [0.4, 0.5) is 27.3 Å². The van der Waals surface area contributed by atoms with Crippen molar-refractivity contribution in [3.8, 4) is 0 Å². The average Bonchev–Trinajstić information content (AvgIpc) is 2.65. The van der Waals surface area contributed by atoms with Gasteiger partial charge in [0.15, 0.2) is 5.82 Å². The summed E-state index contributed by atoms with van der Waals surface area (Å²) in [5.41, 5.74) is 2.75. The summed E-state index contributed by atoms with van der Waals surface area (Å²) in [5, 5.41) is 13.9. The molecular formula is C20H20FN5O. The number of hydrogen-bond acceptors (Lipinski definition) is 5. The molecule has 2 N–H and O–H groups in total. The van der Waals surface area contributed by atoms with Gasteiger partial charge in [-0.3, -0.25) is 4.79 Å². The summed E-state index contributed by atoms with van der Waals surface area (Å²) in [6.45, 7) is 0. The minimum absolute atomic E-state index is 0.0143. The molecule has 0 aliphatic rings. The third kappa shape index (κ3) is 5.01.